The van der Waals surface area contributed by atoms with Crippen LogP contribution in [0.4, 0.5) is 28.7 Å². The predicted octanol–water partition coefficient (Wildman–Crippen LogP) is 2.44. The second kappa shape index (κ2) is 11.0. The van der Waals surface area contributed by atoms with E-state index in [0.717, 1.165) is 11.0 Å². The van der Waals surface area contributed by atoms with E-state index in [1.165, 1.54) is 54.6 Å². The van der Waals surface area contributed by atoms with Crippen LogP contribution in [0.2, 0.25) is 0 Å². The summed E-state index contributed by atoms with van der Waals surface area (Å²) < 4.78 is 23.0. The van der Waals surface area contributed by atoms with Crippen molar-refractivity contribution in [3.63, 3.8) is 0 Å². The zero-order valence-electron chi connectivity index (χ0n) is 18.7. The topological polar surface area (TPSA) is 232 Å². The Kier molecular flexibility index (Phi) is 7.86. The highest BCUT2D eigenvalue weighted by Crippen LogP contribution is 2.27. The Labute approximate surface area is 208 Å². The Morgan fingerprint density at radius 2 is 1.46 bits per heavy atom. The molecular weight excluding hydrogens is 508 g/mol. The van der Waals surface area contributed by atoms with E-state index in [2.05, 4.69) is 15.4 Å². The van der Waals surface area contributed by atoms with Gasteiger partial charge in [-0.05, 0) is 36.4 Å². The maximum absolute atomic E-state index is 11.9. The number of carbonyl (C=O) groups excluding carboxylic acids is 1. The number of rotatable bonds is 6. The van der Waals surface area contributed by atoms with Gasteiger partial charge in [-0.25, -0.2) is 13.6 Å². The Bertz CT molecular complexity index is 1570. The van der Waals surface area contributed by atoms with Crippen LogP contribution in [-0.4, -0.2) is 38.9 Å². The first-order valence-electron chi connectivity index (χ1n) is 10.1. The summed E-state index contributed by atoms with van der Waals surface area (Å²) in [5.74, 6) is -0.805. The van der Waals surface area contributed by atoms with Gasteiger partial charge in [0.15, 0.2) is 0 Å². The van der Waals surface area contributed by atoms with Gasteiger partial charge in [0.25, 0.3) is 17.3 Å². The van der Waals surface area contributed by atoms with Gasteiger partial charge in [-0.15, -0.1) is 0 Å². The summed E-state index contributed by atoms with van der Waals surface area (Å²) in [6.45, 7) is 0. The van der Waals surface area contributed by atoms with E-state index >= 15 is 0 Å². The molecule has 4 rings (SSSR count). The fourth-order valence-corrected chi connectivity index (χ4v) is 3.47. The molecule has 0 fully saturated rings. The molecule has 0 saturated carbocycles. The maximum atomic E-state index is 11.9. The molecule has 0 unspecified atom stereocenters. The summed E-state index contributed by atoms with van der Waals surface area (Å²) in [6, 6.07) is 17.3. The van der Waals surface area contributed by atoms with Crippen molar-refractivity contribution in [2.75, 3.05) is 11.1 Å². The number of nitrogens with one attached hydrogen (secondary N) is 1. The van der Waals surface area contributed by atoms with Gasteiger partial charge < -0.3 is 11.1 Å². The third-order valence-corrected chi connectivity index (χ3v) is 5.59. The fraction of sp³-hybridized carbons (Fsp3) is 0. The molecule has 0 bridgehead atoms. The molecule has 16 heteroatoms. The number of para-hydroxylation sites is 3. The number of nitrogens with two attached hydrogens (primary N) is 2. The first-order valence-corrected chi connectivity index (χ1v) is 11.6. The van der Waals surface area contributed by atoms with Gasteiger partial charge in [-0.3, -0.25) is 25.0 Å². The largest absolute Gasteiger partial charge is 0.368 e. The van der Waals surface area contributed by atoms with Crippen LogP contribution >= 0.6 is 0 Å². The van der Waals surface area contributed by atoms with E-state index in [9.17, 15) is 33.4 Å². The Balaban J connectivity index is 0.000000208. The molecule has 190 valence electrons. The molecule has 0 saturated heterocycles. The third kappa shape index (κ3) is 6.47. The quantitative estimate of drug-likeness (QED) is 0.244. The lowest BCUT2D eigenvalue weighted by Crippen LogP contribution is -2.17. The SMILES string of the molecule is NS(=O)(=O)c1ccc(Nc2ccccc2[N+](=O)[O-])cc1.Nc1ncnn1C(=O)c1ccccc1[N+](=O)[O-]. The highest BCUT2D eigenvalue weighted by atomic mass is 32.2. The van der Waals surface area contributed by atoms with Crippen LogP contribution in [0, 0.1) is 20.2 Å². The first-order chi connectivity index (χ1) is 17.5. The average Bonchev–Trinajstić information content (AvgIpc) is 3.29. The lowest BCUT2D eigenvalue weighted by molar-refractivity contribution is -0.385. The van der Waals surface area contributed by atoms with Crippen LogP contribution in [0.25, 0.3) is 0 Å². The Morgan fingerprint density at radius 1 is 0.892 bits per heavy atom. The number of sulfonamides is 1. The number of nitro groups is 2. The number of benzene rings is 3. The highest BCUT2D eigenvalue weighted by Gasteiger charge is 2.22. The maximum Gasteiger partial charge on any atom is 0.292 e. The van der Waals surface area contributed by atoms with Crippen molar-refractivity contribution in [2.24, 2.45) is 5.14 Å². The molecular formula is C21H18N8O7S. The summed E-state index contributed by atoms with van der Waals surface area (Å²) in [7, 11) is -3.75. The Morgan fingerprint density at radius 3 is 2.00 bits per heavy atom. The number of nitrogen functional groups attached to an aromatic ring is 1. The smallest absolute Gasteiger partial charge is 0.292 e. The average molecular weight is 526 g/mol. The van der Waals surface area contributed by atoms with E-state index in [0.29, 0.717) is 11.4 Å². The number of nitrogens with zero attached hydrogens (tertiary/aromatic N) is 5. The molecule has 1 aromatic heterocycles. The van der Waals surface area contributed by atoms with Crippen LogP contribution in [0.3, 0.4) is 0 Å². The summed E-state index contributed by atoms with van der Waals surface area (Å²) in [5.41, 5.74) is 5.79. The summed E-state index contributed by atoms with van der Waals surface area (Å²) in [5, 5.41) is 33.1. The van der Waals surface area contributed by atoms with Crippen LogP contribution in [0.15, 0.2) is 84.0 Å². The normalized spacial score (nSPS) is 10.6. The van der Waals surface area contributed by atoms with Gasteiger partial charge in [-0.2, -0.15) is 14.8 Å². The van der Waals surface area contributed by atoms with Crippen LogP contribution in [0.1, 0.15) is 10.4 Å². The first kappa shape index (κ1) is 26.4. The van der Waals surface area contributed by atoms with Crippen molar-refractivity contribution in [3.05, 3.63) is 105 Å². The number of anilines is 3. The van der Waals surface area contributed by atoms with Gasteiger partial charge >= 0.3 is 0 Å². The third-order valence-electron chi connectivity index (χ3n) is 4.66. The lowest BCUT2D eigenvalue weighted by Gasteiger charge is -2.07. The van der Waals surface area contributed by atoms with Gasteiger partial charge in [-0.1, -0.05) is 24.3 Å². The number of hydrogen-bond donors (Lipinski definition) is 3. The molecule has 15 nitrogen and oxygen atoms in total. The highest BCUT2D eigenvalue weighted by molar-refractivity contribution is 7.89. The standard InChI is InChI=1S/C12H11N3O4S.C9H7N5O3/c13-20(18,19)10-7-5-9(6-8-10)14-11-3-1-2-4-12(11)15(16)17;10-9-11-5-12-13(9)8(15)6-3-1-2-4-7(6)14(16)17/h1-8,14H,(H2,13,18,19);1-5H,(H2,10,11,12). The van der Waals surface area contributed by atoms with Crippen molar-refractivity contribution < 1.29 is 23.1 Å². The van der Waals surface area contributed by atoms with E-state index in [4.69, 9.17) is 10.9 Å². The van der Waals surface area contributed by atoms with Crippen molar-refractivity contribution >= 4 is 44.6 Å². The molecule has 0 spiro atoms. The van der Waals surface area contributed by atoms with Crippen molar-refractivity contribution in [1.29, 1.82) is 0 Å². The van der Waals surface area contributed by atoms with Gasteiger partial charge in [0.2, 0.25) is 16.0 Å². The molecule has 0 aliphatic rings. The van der Waals surface area contributed by atoms with E-state index in [-0.39, 0.29) is 27.8 Å². The van der Waals surface area contributed by atoms with Crippen LogP contribution in [0.5, 0.6) is 0 Å². The molecule has 0 amide bonds. The van der Waals surface area contributed by atoms with Gasteiger partial charge in [0.05, 0.1) is 14.7 Å². The Hall–Kier alpha value is -5.22. The van der Waals surface area contributed by atoms with Crippen LogP contribution < -0.4 is 16.2 Å². The van der Waals surface area contributed by atoms with Crippen molar-refractivity contribution in [2.45, 2.75) is 4.90 Å². The molecule has 5 N–H and O–H groups in total. The molecule has 1 heterocycles. The molecule has 0 atom stereocenters. The summed E-state index contributed by atoms with van der Waals surface area (Å²) >= 11 is 0. The number of hydrogen-bond acceptors (Lipinski definition) is 11. The van der Waals surface area contributed by atoms with Gasteiger partial charge in [0.1, 0.15) is 17.6 Å². The molecule has 0 aliphatic carbocycles. The van der Waals surface area contributed by atoms with E-state index in [1.54, 1.807) is 18.2 Å². The minimum Gasteiger partial charge on any atom is -0.368 e. The number of primary sulfonamides is 1. The minimum atomic E-state index is -3.75. The van der Waals surface area contributed by atoms with Crippen LogP contribution in [-0.2, 0) is 10.0 Å². The van der Waals surface area contributed by atoms with Gasteiger partial charge in [0, 0.05) is 17.8 Å². The van der Waals surface area contributed by atoms with E-state index < -0.39 is 25.8 Å². The summed E-state index contributed by atoms with van der Waals surface area (Å²) in [6.07, 6.45) is 1.10. The fourth-order valence-electron chi connectivity index (χ4n) is 2.96. The zero-order valence-corrected chi connectivity index (χ0v) is 19.5. The van der Waals surface area contributed by atoms with Crippen molar-refractivity contribution in [3.8, 4) is 0 Å². The molecule has 3 aromatic carbocycles. The number of nitro benzene ring substituents is 2. The number of carbonyl (C=O) groups is 1. The molecule has 0 aliphatic heterocycles. The monoisotopic (exact) mass is 526 g/mol. The lowest BCUT2D eigenvalue weighted by atomic mass is 10.1. The van der Waals surface area contributed by atoms with Crippen molar-refractivity contribution in [1.82, 2.24) is 14.8 Å². The molecule has 4 aromatic rings. The summed E-state index contributed by atoms with van der Waals surface area (Å²) in [4.78, 5) is 36.0. The minimum absolute atomic E-state index is 0.0226. The zero-order chi connectivity index (χ0) is 27.2. The predicted molar refractivity (Wildman–Crippen MR) is 131 cm³/mol. The molecule has 37 heavy (non-hydrogen) atoms. The molecule has 0 radical (unpaired) electrons. The van der Waals surface area contributed by atoms with E-state index in [1.807, 2.05) is 0 Å². The second-order valence-corrected chi connectivity index (χ2v) is 8.64. The number of aromatic nitrogens is 3. The second-order valence-electron chi connectivity index (χ2n) is 7.08.